The fourth-order valence-electron chi connectivity index (χ4n) is 3.30. The smallest absolute Gasteiger partial charge is 0.150 e. The lowest BCUT2D eigenvalue weighted by atomic mass is 9.77. The summed E-state index contributed by atoms with van der Waals surface area (Å²) < 4.78 is 2.31. The van der Waals surface area contributed by atoms with Crippen molar-refractivity contribution in [1.29, 1.82) is 0 Å². The number of nitrogens with two attached hydrogens (primary N) is 1. The average molecular weight is 289 g/mol. The van der Waals surface area contributed by atoms with Crippen LogP contribution in [0, 0.1) is 11.8 Å². The van der Waals surface area contributed by atoms with E-state index in [2.05, 4.69) is 47.1 Å². The molecule has 1 fully saturated rings. The Hall–Kier alpha value is -1.13. The maximum Gasteiger partial charge on any atom is 0.150 e. The highest BCUT2D eigenvalue weighted by Crippen LogP contribution is 2.38. The van der Waals surface area contributed by atoms with E-state index in [1.807, 2.05) is 6.20 Å². The molecule has 2 aromatic heterocycles. The minimum absolute atomic E-state index is 0.248. The van der Waals surface area contributed by atoms with Gasteiger partial charge < -0.3 is 10.3 Å². The Morgan fingerprint density at radius 1 is 1.40 bits per heavy atom. The minimum atomic E-state index is 0.248. The summed E-state index contributed by atoms with van der Waals surface area (Å²) in [6.45, 7) is 4.65. The summed E-state index contributed by atoms with van der Waals surface area (Å²) in [4.78, 5) is 5.79. The van der Waals surface area contributed by atoms with Crippen molar-refractivity contribution < 1.29 is 0 Å². The largest absolute Gasteiger partial charge is 0.326 e. The highest BCUT2D eigenvalue weighted by atomic mass is 32.1. The van der Waals surface area contributed by atoms with Gasteiger partial charge in [0.05, 0.1) is 10.9 Å². The molecule has 3 atom stereocenters. The molecule has 3 rings (SSSR count). The van der Waals surface area contributed by atoms with E-state index in [0.717, 1.165) is 24.1 Å². The molecule has 2 N–H and O–H groups in total. The van der Waals surface area contributed by atoms with Crippen molar-refractivity contribution in [3.05, 3.63) is 29.9 Å². The second-order valence-corrected chi connectivity index (χ2v) is 7.13. The molecule has 2 heterocycles. The van der Waals surface area contributed by atoms with Crippen LogP contribution in [0.5, 0.6) is 0 Å². The predicted octanol–water partition coefficient (Wildman–Crippen LogP) is 3.94. The zero-order valence-corrected chi connectivity index (χ0v) is 13.0. The Morgan fingerprint density at radius 3 is 2.95 bits per heavy atom. The average Bonchev–Trinajstić information content (AvgIpc) is 3.09. The fraction of sp³-hybridized carbons (Fsp3) is 0.562. The lowest BCUT2D eigenvalue weighted by Gasteiger charge is -2.37. The van der Waals surface area contributed by atoms with Gasteiger partial charge >= 0.3 is 0 Å². The van der Waals surface area contributed by atoms with Crippen molar-refractivity contribution in [1.82, 2.24) is 9.55 Å². The second-order valence-electron chi connectivity index (χ2n) is 6.18. The number of rotatable bonds is 3. The molecule has 0 aliphatic heterocycles. The van der Waals surface area contributed by atoms with E-state index in [4.69, 9.17) is 5.73 Å². The summed E-state index contributed by atoms with van der Waals surface area (Å²) in [5.41, 5.74) is 6.41. The Bertz CT molecular complexity index is 544. The van der Waals surface area contributed by atoms with Crippen LogP contribution in [-0.2, 0) is 0 Å². The van der Waals surface area contributed by atoms with Crippen molar-refractivity contribution >= 4 is 11.3 Å². The number of imidazole rings is 1. The van der Waals surface area contributed by atoms with E-state index < -0.39 is 0 Å². The van der Waals surface area contributed by atoms with E-state index in [1.54, 1.807) is 11.3 Å². The van der Waals surface area contributed by atoms with E-state index in [-0.39, 0.29) is 6.04 Å². The molecule has 0 spiro atoms. The molecule has 0 amide bonds. The molecule has 20 heavy (non-hydrogen) atoms. The van der Waals surface area contributed by atoms with Crippen LogP contribution in [0.1, 0.15) is 39.2 Å². The first kappa shape index (κ1) is 13.8. The zero-order chi connectivity index (χ0) is 14.1. The van der Waals surface area contributed by atoms with Crippen molar-refractivity contribution in [2.45, 2.75) is 45.2 Å². The van der Waals surface area contributed by atoms with Crippen molar-refractivity contribution in [2.75, 3.05) is 0 Å². The molecule has 0 radical (unpaired) electrons. The molecule has 1 saturated carbocycles. The van der Waals surface area contributed by atoms with Gasteiger partial charge in [-0.05, 0) is 42.5 Å². The normalized spacial score (nSPS) is 27.1. The van der Waals surface area contributed by atoms with E-state index in [0.29, 0.717) is 6.04 Å². The van der Waals surface area contributed by atoms with Crippen LogP contribution in [0.25, 0.3) is 10.7 Å². The summed E-state index contributed by atoms with van der Waals surface area (Å²) in [5, 5.41) is 2.10. The Balaban J connectivity index is 1.90. The molecule has 4 heteroatoms. The van der Waals surface area contributed by atoms with Gasteiger partial charge in [-0.1, -0.05) is 19.9 Å². The highest BCUT2D eigenvalue weighted by molar-refractivity contribution is 7.13. The minimum Gasteiger partial charge on any atom is -0.326 e. The fourth-order valence-corrected chi connectivity index (χ4v) is 4.03. The maximum absolute atomic E-state index is 6.41. The molecule has 1 aliphatic carbocycles. The van der Waals surface area contributed by atoms with Crippen LogP contribution >= 0.6 is 11.3 Å². The van der Waals surface area contributed by atoms with Crippen LogP contribution < -0.4 is 5.73 Å². The van der Waals surface area contributed by atoms with E-state index >= 15 is 0 Å². The van der Waals surface area contributed by atoms with Gasteiger partial charge in [-0.3, -0.25) is 0 Å². The number of nitrogens with zero attached hydrogens (tertiary/aromatic N) is 2. The van der Waals surface area contributed by atoms with Gasteiger partial charge in [-0.2, -0.15) is 0 Å². The lowest BCUT2D eigenvalue weighted by Crippen LogP contribution is -2.39. The molecule has 3 unspecified atom stereocenters. The monoisotopic (exact) mass is 289 g/mol. The first-order valence-electron chi connectivity index (χ1n) is 7.49. The van der Waals surface area contributed by atoms with Crippen LogP contribution in [0.2, 0.25) is 0 Å². The predicted molar refractivity (Wildman–Crippen MR) is 84.7 cm³/mol. The van der Waals surface area contributed by atoms with Gasteiger partial charge in [0.25, 0.3) is 0 Å². The summed E-state index contributed by atoms with van der Waals surface area (Å²) in [6.07, 6.45) is 7.56. The van der Waals surface area contributed by atoms with Crippen LogP contribution in [0.15, 0.2) is 29.9 Å². The number of aromatic nitrogens is 2. The number of thiophene rings is 1. The van der Waals surface area contributed by atoms with E-state index in [1.165, 1.54) is 17.7 Å². The van der Waals surface area contributed by atoms with Gasteiger partial charge in [0.15, 0.2) is 0 Å². The molecule has 3 nitrogen and oxygen atoms in total. The molecule has 0 saturated heterocycles. The number of hydrogen-bond acceptors (Lipinski definition) is 3. The third kappa shape index (κ3) is 2.54. The second kappa shape index (κ2) is 5.70. The lowest BCUT2D eigenvalue weighted by molar-refractivity contribution is 0.194. The number of hydrogen-bond donors (Lipinski definition) is 1. The van der Waals surface area contributed by atoms with Gasteiger partial charge in [0.2, 0.25) is 0 Å². The van der Waals surface area contributed by atoms with E-state index in [9.17, 15) is 0 Å². The molecular formula is C16H23N3S. The third-order valence-electron chi connectivity index (χ3n) is 4.62. The van der Waals surface area contributed by atoms with Gasteiger partial charge in [0.1, 0.15) is 5.82 Å². The first-order valence-corrected chi connectivity index (χ1v) is 8.37. The summed E-state index contributed by atoms with van der Waals surface area (Å²) in [7, 11) is 0. The molecule has 108 valence electrons. The van der Waals surface area contributed by atoms with Crippen LogP contribution in [0.4, 0.5) is 0 Å². The van der Waals surface area contributed by atoms with Gasteiger partial charge in [-0.15, -0.1) is 11.3 Å². The standard InChI is InChI=1S/C16H23N3S/c1-11(2)12-5-6-13(17)14(10-12)19-8-7-18-16(19)15-4-3-9-20-15/h3-4,7-9,11-14H,5-6,10,17H2,1-2H3. The molecule has 2 aromatic rings. The van der Waals surface area contributed by atoms with Crippen molar-refractivity contribution in [3.8, 4) is 10.7 Å². The highest BCUT2D eigenvalue weighted by Gasteiger charge is 2.32. The third-order valence-corrected chi connectivity index (χ3v) is 5.49. The summed E-state index contributed by atoms with van der Waals surface area (Å²) in [5.74, 6) is 2.59. The van der Waals surface area contributed by atoms with Gasteiger partial charge in [-0.25, -0.2) is 4.98 Å². The quantitative estimate of drug-likeness (QED) is 0.930. The first-order chi connectivity index (χ1) is 9.66. The van der Waals surface area contributed by atoms with Crippen LogP contribution in [0.3, 0.4) is 0 Å². The van der Waals surface area contributed by atoms with Crippen molar-refractivity contribution in [2.24, 2.45) is 17.6 Å². The maximum atomic E-state index is 6.41. The van der Waals surface area contributed by atoms with Crippen molar-refractivity contribution in [3.63, 3.8) is 0 Å². The molecular weight excluding hydrogens is 266 g/mol. The Kier molecular flexibility index (Phi) is 3.94. The Morgan fingerprint density at radius 2 is 2.25 bits per heavy atom. The molecule has 1 aliphatic rings. The Labute approximate surface area is 124 Å². The van der Waals surface area contributed by atoms with Gasteiger partial charge in [0, 0.05) is 18.4 Å². The molecule has 0 bridgehead atoms. The zero-order valence-electron chi connectivity index (χ0n) is 12.2. The SMILES string of the molecule is CC(C)C1CCC(N)C(n2ccnc2-c2cccs2)C1. The summed E-state index contributed by atoms with van der Waals surface area (Å²) >= 11 is 1.74. The molecule has 0 aromatic carbocycles. The van der Waals surface area contributed by atoms with Crippen LogP contribution in [-0.4, -0.2) is 15.6 Å². The summed E-state index contributed by atoms with van der Waals surface area (Å²) in [6, 6.07) is 4.85. The topological polar surface area (TPSA) is 43.8 Å².